The smallest absolute Gasteiger partial charge is 0.387 e. The molecule has 0 radical (unpaired) electrons. The number of hydrogen-bond donors (Lipinski definition) is 4. The van der Waals surface area contributed by atoms with Crippen LogP contribution in [0.15, 0.2) is 24.3 Å². The Labute approximate surface area is 118 Å². The summed E-state index contributed by atoms with van der Waals surface area (Å²) in [5.74, 6) is 0. The fourth-order valence-electron chi connectivity index (χ4n) is 1.20. The molecule has 1 rings (SSSR count). The Balaban J connectivity index is 0.000000555. The van der Waals surface area contributed by atoms with Crippen LogP contribution in [-0.2, 0) is 10.4 Å². The van der Waals surface area contributed by atoms with Crippen LogP contribution in [0.3, 0.4) is 0 Å². The molecule has 110 valence electrons. The van der Waals surface area contributed by atoms with Crippen LogP contribution >= 0.6 is 11.6 Å². The van der Waals surface area contributed by atoms with Crippen LogP contribution in [0, 0.1) is 0 Å². The standard InChI is InChI=1S/C11H16ClNO.H2O4S/c1-8(2)13-7-11(14)9-5-3-4-6-10(9)12;1-5(2,3)4/h3-6,8,11,13-14H,7H2,1-2H3;(H2,1,2,3,4). The van der Waals surface area contributed by atoms with E-state index >= 15 is 0 Å². The monoisotopic (exact) mass is 311 g/mol. The highest BCUT2D eigenvalue weighted by molar-refractivity contribution is 7.79. The van der Waals surface area contributed by atoms with Crippen molar-refractivity contribution in [1.82, 2.24) is 5.32 Å². The summed E-state index contributed by atoms with van der Waals surface area (Å²) in [6.07, 6.45) is -0.536. The Kier molecular flexibility index (Phi) is 8.15. The molecule has 0 aliphatic carbocycles. The molecule has 0 aliphatic rings. The Hall–Kier alpha value is -0.700. The van der Waals surface area contributed by atoms with Crippen molar-refractivity contribution in [3.05, 3.63) is 34.9 Å². The fourth-order valence-corrected chi connectivity index (χ4v) is 1.46. The molecule has 8 heteroatoms. The molecule has 0 heterocycles. The van der Waals surface area contributed by atoms with E-state index in [0.29, 0.717) is 17.6 Å². The van der Waals surface area contributed by atoms with Crippen LogP contribution in [-0.4, -0.2) is 35.2 Å². The van der Waals surface area contributed by atoms with Crippen LogP contribution in [0.5, 0.6) is 0 Å². The summed E-state index contributed by atoms with van der Waals surface area (Å²) in [4.78, 5) is 0. The first kappa shape index (κ1) is 18.3. The lowest BCUT2D eigenvalue weighted by molar-refractivity contribution is 0.171. The first-order valence-electron chi connectivity index (χ1n) is 5.47. The number of benzene rings is 1. The summed E-state index contributed by atoms with van der Waals surface area (Å²) in [5.41, 5.74) is 0.780. The number of aliphatic hydroxyl groups is 1. The van der Waals surface area contributed by atoms with Gasteiger partial charge < -0.3 is 10.4 Å². The molecule has 1 unspecified atom stereocenters. The number of aliphatic hydroxyl groups excluding tert-OH is 1. The van der Waals surface area contributed by atoms with Gasteiger partial charge in [0.05, 0.1) is 6.10 Å². The molecular weight excluding hydrogens is 294 g/mol. The van der Waals surface area contributed by atoms with Crippen LogP contribution in [0.1, 0.15) is 25.5 Å². The third kappa shape index (κ3) is 10.9. The third-order valence-electron chi connectivity index (χ3n) is 1.98. The van der Waals surface area contributed by atoms with E-state index in [2.05, 4.69) is 5.32 Å². The van der Waals surface area contributed by atoms with Gasteiger partial charge in [-0.25, -0.2) is 0 Å². The summed E-state index contributed by atoms with van der Waals surface area (Å²) in [6, 6.07) is 7.73. The maximum atomic E-state index is 9.80. The maximum absolute atomic E-state index is 9.80. The number of halogens is 1. The molecule has 4 N–H and O–H groups in total. The van der Waals surface area contributed by atoms with Gasteiger partial charge in [0.15, 0.2) is 0 Å². The quantitative estimate of drug-likeness (QED) is 0.631. The van der Waals surface area contributed by atoms with Gasteiger partial charge in [0.2, 0.25) is 0 Å². The van der Waals surface area contributed by atoms with Crippen molar-refractivity contribution in [1.29, 1.82) is 0 Å². The summed E-state index contributed by atoms with van der Waals surface area (Å²) < 4.78 is 31.6. The van der Waals surface area contributed by atoms with Crippen LogP contribution in [0.2, 0.25) is 5.02 Å². The maximum Gasteiger partial charge on any atom is 0.394 e. The van der Waals surface area contributed by atoms with Gasteiger partial charge in [-0.15, -0.1) is 0 Å². The Bertz CT molecular complexity index is 470. The number of nitrogens with one attached hydrogen (secondary N) is 1. The second kappa shape index (κ2) is 8.47. The van der Waals surface area contributed by atoms with Crippen molar-refractivity contribution < 1.29 is 22.6 Å². The fraction of sp³-hybridized carbons (Fsp3) is 0.455. The number of hydrogen-bond acceptors (Lipinski definition) is 4. The predicted octanol–water partition coefficient (Wildman–Crippen LogP) is 1.72. The van der Waals surface area contributed by atoms with Crippen LogP contribution in [0.25, 0.3) is 0 Å². The highest BCUT2D eigenvalue weighted by Crippen LogP contribution is 2.21. The van der Waals surface area contributed by atoms with Gasteiger partial charge in [-0.1, -0.05) is 43.6 Å². The van der Waals surface area contributed by atoms with E-state index in [0.717, 1.165) is 5.56 Å². The third-order valence-corrected chi connectivity index (χ3v) is 2.33. The Morgan fingerprint density at radius 1 is 1.26 bits per heavy atom. The molecule has 0 amide bonds. The zero-order chi connectivity index (χ0) is 15.1. The van der Waals surface area contributed by atoms with Crippen molar-refractivity contribution in [2.24, 2.45) is 0 Å². The Morgan fingerprint density at radius 3 is 2.16 bits per heavy atom. The normalized spacial score (nSPS) is 12.8. The molecule has 0 saturated carbocycles. The van der Waals surface area contributed by atoms with Gasteiger partial charge in [-0.05, 0) is 6.07 Å². The molecule has 0 aromatic heterocycles. The molecule has 0 fully saturated rings. The zero-order valence-electron chi connectivity index (χ0n) is 10.6. The molecule has 6 nitrogen and oxygen atoms in total. The van der Waals surface area contributed by atoms with Gasteiger partial charge in [0.25, 0.3) is 0 Å². The minimum Gasteiger partial charge on any atom is -0.387 e. The zero-order valence-corrected chi connectivity index (χ0v) is 12.2. The molecule has 1 aromatic carbocycles. The van der Waals surface area contributed by atoms with Gasteiger partial charge >= 0.3 is 10.4 Å². The van der Waals surface area contributed by atoms with Crippen molar-refractivity contribution in [2.75, 3.05) is 6.54 Å². The van der Waals surface area contributed by atoms with Crippen LogP contribution in [0.4, 0.5) is 0 Å². The second-order valence-electron chi connectivity index (χ2n) is 4.05. The molecule has 1 atom stereocenters. The lowest BCUT2D eigenvalue weighted by Gasteiger charge is -2.15. The average Bonchev–Trinajstić information content (AvgIpc) is 2.24. The second-order valence-corrected chi connectivity index (χ2v) is 5.35. The summed E-state index contributed by atoms with van der Waals surface area (Å²) in [5, 5.41) is 13.6. The molecule has 0 saturated heterocycles. The van der Waals surface area contributed by atoms with E-state index in [1.807, 2.05) is 32.0 Å². The van der Waals surface area contributed by atoms with Gasteiger partial charge in [-0.2, -0.15) is 8.42 Å². The van der Waals surface area contributed by atoms with Crippen molar-refractivity contribution in [3.63, 3.8) is 0 Å². The highest BCUT2D eigenvalue weighted by Gasteiger charge is 2.10. The minimum absolute atomic E-state index is 0.368. The summed E-state index contributed by atoms with van der Waals surface area (Å²) in [7, 11) is -4.67. The molecule has 1 aromatic rings. The van der Waals surface area contributed by atoms with Crippen molar-refractivity contribution in [3.8, 4) is 0 Å². The molecular formula is C11H18ClNO5S. The average molecular weight is 312 g/mol. The van der Waals surface area contributed by atoms with Crippen LogP contribution < -0.4 is 5.32 Å². The first-order chi connectivity index (χ1) is 8.61. The lowest BCUT2D eigenvalue weighted by Crippen LogP contribution is -2.27. The summed E-state index contributed by atoms with van der Waals surface area (Å²) in [6.45, 7) is 4.61. The highest BCUT2D eigenvalue weighted by atomic mass is 35.5. The first-order valence-corrected chi connectivity index (χ1v) is 7.24. The lowest BCUT2D eigenvalue weighted by atomic mass is 10.1. The van der Waals surface area contributed by atoms with E-state index in [1.165, 1.54) is 0 Å². The largest absolute Gasteiger partial charge is 0.394 e. The predicted molar refractivity (Wildman–Crippen MR) is 73.7 cm³/mol. The minimum atomic E-state index is -4.67. The molecule has 0 spiro atoms. The number of rotatable bonds is 4. The van der Waals surface area contributed by atoms with Crippen molar-refractivity contribution in [2.45, 2.75) is 26.0 Å². The van der Waals surface area contributed by atoms with E-state index in [-0.39, 0.29) is 0 Å². The Morgan fingerprint density at radius 2 is 1.74 bits per heavy atom. The van der Waals surface area contributed by atoms with E-state index < -0.39 is 16.5 Å². The van der Waals surface area contributed by atoms with Crippen molar-refractivity contribution >= 4 is 22.0 Å². The topological polar surface area (TPSA) is 107 Å². The molecule has 0 aliphatic heterocycles. The van der Waals surface area contributed by atoms with Gasteiger partial charge in [0.1, 0.15) is 0 Å². The molecule has 0 bridgehead atoms. The van der Waals surface area contributed by atoms with E-state index in [4.69, 9.17) is 29.1 Å². The SMILES string of the molecule is CC(C)NCC(O)c1ccccc1Cl.O=S(=O)(O)O. The van der Waals surface area contributed by atoms with E-state index in [1.54, 1.807) is 6.07 Å². The van der Waals surface area contributed by atoms with Gasteiger partial charge in [-0.3, -0.25) is 9.11 Å². The molecule has 19 heavy (non-hydrogen) atoms. The van der Waals surface area contributed by atoms with Gasteiger partial charge in [0, 0.05) is 23.2 Å². The van der Waals surface area contributed by atoms with E-state index in [9.17, 15) is 5.11 Å². The summed E-state index contributed by atoms with van der Waals surface area (Å²) >= 11 is 5.95.